The van der Waals surface area contributed by atoms with Gasteiger partial charge in [0.15, 0.2) is 0 Å². The molecule has 1 aliphatic rings. The third-order valence-electron chi connectivity index (χ3n) is 2.33. The zero-order valence-electron chi connectivity index (χ0n) is 7.62. The number of carboxylic acids is 1. The van der Waals surface area contributed by atoms with Crippen molar-refractivity contribution in [2.24, 2.45) is 0 Å². The van der Waals surface area contributed by atoms with Crippen molar-refractivity contribution in [3.05, 3.63) is 29.3 Å². The normalized spacial score (nSPS) is 13.4. The van der Waals surface area contributed by atoms with Crippen molar-refractivity contribution in [1.82, 2.24) is 0 Å². The summed E-state index contributed by atoms with van der Waals surface area (Å²) in [6.45, 7) is 0.941. The first-order chi connectivity index (χ1) is 6.29. The molecule has 0 bridgehead atoms. The number of nitrogens with one attached hydrogen (secondary N) is 1. The maximum atomic E-state index is 10.8. The molecule has 0 unspecified atom stereocenters. The number of rotatable bonds is 1. The van der Waals surface area contributed by atoms with E-state index in [0.29, 0.717) is 5.56 Å². The van der Waals surface area contributed by atoms with Gasteiger partial charge in [-0.25, -0.2) is 4.79 Å². The smallest absolute Gasteiger partial charge is 0.336 e. The molecular formula is C10H12ClNO2. The van der Waals surface area contributed by atoms with Crippen LogP contribution < -0.4 is 5.32 Å². The first kappa shape index (κ1) is 10.9. The van der Waals surface area contributed by atoms with Crippen molar-refractivity contribution in [2.75, 3.05) is 11.9 Å². The topological polar surface area (TPSA) is 49.3 Å². The fraction of sp³-hybridized carbons (Fsp3) is 0.300. The van der Waals surface area contributed by atoms with Gasteiger partial charge in [0.1, 0.15) is 0 Å². The molecule has 2 N–H and O–H groups in total. The summed E-state index contributed by atoms with van der Waals surface area (Å²) in [5.41, 5.74) is 2.36. The van der Waals surface area contributed by atoms with Crippen molar-refractivity contribution >= 4 is 24.1 Å². The lowest BCUT2D eigenvalue weighted by molar-refractivity contribution is 0.0695. The number of hydrogen-bond donors (Lipinski definition) is 2. The maximum Gasteiger partial charge on any atom is 0.336 e. The second-order valence-electron chi connectivity index (χ2n) is 3.17. The molecule has 0 aliphatic carbocycles. The average Bonchev–Trinajstić information content (AvgIpc) is 2.17. The lowest BCUT2D eigenvalue weighted by Crippen LogP contribution is -2.15. The molecule has 0 saturated heterocycles. The molecule has 4 heteroatoms. The number of carbonyl (C=O) groups is 1. The molecular weight excluding hydrogens is 202 g/mol. The minimum absolute atomic E-state index is 0. The highest BCUT2D eigenvalue weighted by Gasteiger charge is 2.15. The van der Waals surface area contributed by atoms with Gasteiger partial charge in [-0.3, -0.25) is 0 Å². The molecule has 1 aliphatic heterocycles. The molecule has 3 nitrogen and oxygen atoms in total. The molecule has 76 valence electrons. The molecule has 0 atom stereocenters. The third-order valence-corrected chi connectivity index (χ3v) is 2.33. The van der Waals surface area contributed by atoms with Gasteiger partial charge in [0, 0.05) is 12.2 Å². The first-order valence-corrected chi connectivity index (χ1v) is 4.38. The quantitative estimate of drug-likeness (QED) is 0.752. The first-order valence-electron chi connectivity index (χ1n) is 4.38. The van der Waals surface area contributed by atoms with Gasteiger partial charge >= 0.3 is 5.97 Å². The number of anilines is 1. The van der Waals surface area contributed by atoms with Gasteiger partial charge in [-0.05, 0) is 30.5 Å². The Balaban J connectivity index is 0.000000980. The zero-order valence-corrected chi connectivity index (χ0v) is 8.43. The summed E-state index contributed by atoms with van der Waals surface area (Å²) in [6, 6.07) is 5.37. The van der Waals surface area contributed by atoms with E-state index in [1.807, 2.05) is 6.07 Å². The van der Waals surface area contributed by atoms with Crippen LogP contribution in [0, 0.1) is 0 Å². The van der Waals surface area contributed by atoms with Gasteiger partial charge in [0.05, 0.1) is 5.56 Å². The Labute approximate surface area is 88.5 Å². The molecule has 1 aromatic rings. The van der Waals surface area contributed by atoms with Crippen LogP contribution in [0.1, 0.15) is 22.3 Å². The molecule has 1 aromatic carbocycles. The summed E-state index contributed by atoms with van der Waals surface area (Å²) in [7, 11) is 0. The molecule has 1 heterocycles. The predicted octanol–water partition coefficient (Wildman–Crippen LogP) is 2.16. The zero-order chi connectivity index (χ0) is 9.26. The molecule has 2 rings (SSSR count). The van der Waals surface area contributed by atoms with Crippen LogP contribution >= 0.6 is 12.4 Å². The Morgan fingerprint density at radius 3 is 2.93 bits per heavy atom. The number of fused-ring (bicyclic) bond motifs is 1. The van der Waals surface area contributed by atoms with E-state index in [1.165, 1.54) is 0 Å². The largest absolute Gasteiger partial charge is 0.478 e. The summed E-state index contributed by atoms with van der Waals surface area (Å²) in [5.74, 6) is -0.833. The number of aromatic carboxylic acids is 1. The Morgan fingerprint density at radius 2 is 2.21 bits per heavy atom. The minimum Gasteiger partial charge on any atom is -0.478 e. The van der Waals surface area contributed by atoms with Gasteiger partial charge in [-0.2, -0.15) is 0 Å². The van der Waals surface area contributed by atoms with E-state index in [2.05, 4.69) is 5.32 Å². The van der Waals surface area contributed by atoms with Gasteiger partial charge < -0.3 is 10.4 Å². The second-order valence-corrected chi connectivity index (χ2v) is 3.17. The van der Waals surface area contributed by atoms with Crippen LogP contribution in [0.25, 0.3) is 0 Å². The monoisotopic (exact) mass is 213 g/mol. The summed E-state index contributed by atoms with van der Waals surface area (Å²) in [4.78, 5) is 10.8. The number of benzene rings is 1. The lowest BCUT2D eigenvalue weighted by Gasteiger charge is -2.19. The van der Waals surface area contributed by atoms with Crippen LogP contribution in [-0.2, 0) is 6.42 Å². The minimum atomic E-state index is -0.833. The van der Waals surface area contributed by atoms with Crippen LogP contribution in [0.15, 0.2) is 18.2 Å². The third kappa shape index (κ3) is 1.82. The molecule has 0 aromatic heterocycles. The Hall–Kier alpha value is -1.22. The lowest BCUT2D eigenvalue weighted by atomic mass is 9.98. The van der Waals surface area contributed by atoms with E-state index in [4.69, 9.17) is 5.11 Å². The van der Waals surface area contributed by atoms with Crippen LogP contribution in [0.3, 0.4) is 0 Å². The summed E-state index contributed by atoms with van der Waals surface area (Å²) in [6.07, 6.45) is 1.88. The Morgan fingerprint density at radius 1 is 1.43 bits per heavy atom. The number of hydrogen-bond acceptors (Lipinski definition) is 2. The average molecular weight is 214 g/mol. The van der Waals surface area contributed by atoms with E-state index in [-0.39, 0.29) is 12.4 Å². The van der Waals surface area contributed by atoms with Crippen molar-refractivity contribution in [2.45, 2.75) is 12.8 Å². The summed E-state index contributed by atoms with van der Waals surface area (Å²) in [5, 5.41) is 12.1. The van der Waals surface area contributed by atoms with Gasteiger partial charge in [-0.1, -0.05) is 6.07 Å². The van der Waals surface area contributed by atoms with Crippen LogP contribution in [0.5, 0.6) is 0 Å². The van der Waals surface area contributed by atoms with Gasteiger partial charge in [0.25, 0.3) is 0 Å². The van der Waals surface area contributed by atoms with Crippen molar-refractivity contribution in [3.8, 4) is 0 Å². The van der Waals surface area contributed by atoms with Gasteiger partial charge in [0.2, 0.25) is 0 Å². The highest BCUT2D eigenvalue weighted by molar-refractivity contribution is 5.91. The molecule has 0 spiro atoms. The fourth-order valence-corrected chi connectivity index (χ4v) is 1.71. The second kappa shape index (κ2) is 4.33. The van der Waals surface area contributed by atoms with Crippen LogP contribution in [-0.4, -0.2) is 17.6 Å². The van der Waals surface area contributed by atoms with Crippen molar-refractivity contribution < 1.29 is 9.90 Å². The molecule has 0 amide bonds. The van der Waals surface area contributed by atoms with E-state index in [1.54, 1.807) is 12.1 Å². The fourth-order valence-electron chi connectivity index (χ4n) is 1.71. The van der Waals surface area contributed by atoms with Crippen LogP contribution in [0.2, 0.25) is 0 Å². The van der Waals surface area contributed by atoms with E-state index >= 15 is 0 Å². The number of halogens is 1. The summed E-state index contributed by atoms with van der Waals surface area (Å²) < 4.78 is 0. The Bertz CT molecular complexity index is 352. The standard InChI is InChI=1S/C10H11NO2.ClH/c12-10(13)8-3-1-5-9-7(8)4-2-6-11-9;/h1,3,5,11H,2,4,6H2,(H,12,13);1H. The van der Waals surface area contributed by atoms with Crippen molar-refractivity contribution in [1.29, 1.82) is 0 Å². The Kier molecular flexibility index (Phi) is 3.36. The molecule has 14 heavy (non-hydrogen) atoms. The highest BCUT2D eigenvalue weighted by atomic mass is 35.5. The van der Waals surface area contributed by atoms with Crippen LogP contribution in [0.4, 0.5) is 5.69 Å². The molecule has 0 radical (unpaired) electrons. The van der Waals surface area contributed by atoms with E-state index in [0.717, 1.165) is 30.6 Å². The van der Waals surface area contributed by atoms with E-state index in [9.17, 15) is 4.79 Å². The van der Waals surface area contributed by atoms with E-state index < -0.39 is 5.97 Å². The maximum absolute atomic E-state index is 10.8. The predicted molar refractivity (Wildman–Crippen MR) is 57.5 cm³/mol. The molecule has 0 saturated carbocycles. The SMILES string of the molecule is Cl.O=C(O)c1cccc2c1CCCN2. The summed E-state index contributed by atoms with van der Waals surface area (Å²) >= 11 is 0. The van der Waals surface area contributed by atoms with Crippen molar-refractivity contribution in [3.63, 3.8) is 0 Å². The number of carboxylic acid groups (broad SMARTS) is 1. The molecule has 0 fully saturated rings. The highest BCUT2D eigenvalue weighted by Crippen LogP contribution is 2.24. The van der Waals surface area contributed by atoms with Gasteiger partial charge in [-0.15, -0.1) is 12.4 Å².